The van der Waals surface area contributed by atoms with Crippen molar-refractivity contribution in [3.05, 3.63) is 33.8 Å². The lowest BCUT2D eigenvalue weighted by molar-refractivity contribution is -0.133. The van der Waals surface area contributed by atoms with E-state index >= 15 is 0 Å². The number of rotatable bonds is 4. The van der Waals surface area contributed by atoms with Crippen LogP contribution in [0.1, 0.15) is 5.56 Å². The Hall–Kier alpha value is -0.810. The van der Waals surface area contributed by atoms with E-state index in [9.17, 15) is 4.79 Å². The monoisotopic (exact) mass is 329 g/mol. The Morgan fingerprint density at radius 2 is 1.90 bits per heavy atom. The fourth-order valence-corrected chi connectivity index (χ4v) is 2.85. The Labute approximate surface area is 136 Å². The summed E-state index contributed by atoms with van der Waals surface area (Å²) in [6.07, 6.45) is 0. The smallest absolute Gasteiger partial charge is 0.236 e. The molecule has 4 nitrogen and oxygen atoms in total. The molecule has 0 bridgehead atoms. The van der Waals surface area contributed by atoms with E-state index in [4.69, 9.17) is 23.2 Å². The predicted molar refractivity (Wildman–Crippen MR) is 86.9 cm³/mol. The van der Waals surface area contributed by atoms with Gasteiger partial charge < -0.3 is 9.80 Å². The van der Waals surface area contributed by atoms with Crippen LogP contribution in [0.5, 0.6) is 0 Å². The number of benzene rings is 1. The topological polar surface area (TPSA) is 26.8 Å². The fourth-order valence-electron chi connectivity index (χ4n) is 2.38. The van der Waals surface area contributed by atoms with Crippen molar-refractivity contribution in [1.82, 2.24) is 14.7 Å². The third kappa shape index (κ3) is 4.85. The van der Waals surface area contributed by atoms with Gasteiger partial charge in [0, 0.05) is 42.8 Å². The molecule has 21 heavy (non-hydrogen) atoms. The Morgan fingerprint density at radius 3 is 2.52 bits per heavy atom. The molecule has 1 heterocycles. The summed E-state index contributed by atoms with van der Waals surface area (Å²) in [5, 5.41) is 1.27. The molecule has 116 valence electrons. The van der Waals surface area contributed by atoms with Crippen LogP contribution < -0.4 is 0 Å². The molecule has 0 aromatic heterocycles. The summed E-state index contributed by atoms with van der Waals surface area (Å²) in [7, 11) is 4.01. The summed E-state index contributed by atoms with van der Waals surface area (Å²) >= 11 is 12.1. The average Bonchev–Trinajstić information content (AvgIpc) is 2.42. The second-order valence-corrected chi connectivity index (χ2v) is 6.44. The van der Waals surface area contributed by atoms with Crippen molar-refractivity contribution in [2.75, 3.05) is 46.8 Å². The minimum atomic E-state index is 0.177. The molecule has 2 rings (SSSR count). The Balaban J connectivity index is 1.86. The molecule has 1 amide bonds. The van der Waals surface area contributed by atoms with Crippen LogP contribution in [0.2, 0.25) is 10.0 Å². The van der Waals surface area contributed by atoms with E-state index in [1.54, 1.807) is 6.07 Å². The SMILES string of the molecule is CN1CCN(C(=O)CN(C)Cc2ccc(Cl)cc2Cl)CC1. The van der Waals surface area contributed by atoms with Gasteiger partial charge in [-0.25, -0.2) is 0 Å². The lowest BCUT2D eigenvalue weighted by atomic mass is 10.2. The van der Waals surface area contributed by atoms with E-state index < -0.39 is 0 Å². The standard InChI is InChI=1S/C15H21Cl2N3O/c1-18-5-7-20(8-6-18)15(21)11-19(2)10-12-3-4-13(16)9-14(12)17/h3-4,9H,5-8,10-11H2,1-2H3. The number of carbonyl (C=O) groups excluding carboxylic acids is 1. The zero-order valence-electron chi connectivity index (χ0n) is 12.5. The highest BCUT2D eigenvalue weighted by Gasteiger charge is 2.20. The first kappa shape index (κ1) is 16.6. The summed E-state index contributed by atoms with van der Waals surface area (Å²) in [5.74, 6) is 0.177. The molecule has 0 saturated carbocycles. The number of carbonyl (C=O) groups is 1. The van der Waals surface area contributed by atoms with Gasteiger partial charge in [0.1, 0.15) is 0 Å². The van der Waals surface area contributed by atoms with Crippen LogP contribution in [0.15, 0.2) is 18.2 Å². The van der Waals surface area contributed by atoms with Crippen LogP contribution in [0, 0.1) is 0 Å². The molecule has 0 aliphatic carbocycles. The van der Waals surface area contributed by atoms with Crippen molar-refractivity contribution in [2.24, 2.45) is 0 Å². The van der Waals surface area contributed by atoms with Crippen LogP contribution in [-0.4, -0.2) is 67.4 Å². The van der Waals surface area contributed by atoms with E-state index in [0.29, 0.717) is 23.1 Å². The number of halogens is 2. The molecule has 1 fully saturated rings. The molecule has 0 atom stereocenters. The summed E-state index contributed by atoms with van der Waals surface area (Å²) in [4.78, 5) is 18.4. The molecule has 1 saturated heterocycles. The minimum Gasteiger partial charge on any atom is -0.339 e. The number of piperazine rings is 1. The number of nitrogens with zero attached hydrogens (tertiary/aromatic N) is 3. The van der Waals surface area contributed by atoms with Crippen LogP contribution in [0.4, 0.5) is 0 Å². The third-order valence-corrected chi connectivity index (χ3v) is 4.30. The molecule has 0 N–H and O–H groups in total. The van der Waals surface area contributed by atoms with Gasteiger partial charge in [-0.3, -0.25) is 9.69 Å². The summed E-state index contributed by atoms with van der Waals surface area (Å²) in [6.45, 7) is 4.55. The maximum absolute atomic E-state index is 12.3. The fraction of sp³-hybridized carbons (Fsp3) is 0.533. The molecular weight excluding hydrogens is 309 g/mol. The van der Waals surface area contributed by atoms with Gasteiger partial charge >= 0.3 is 0 Å². The highest BCUT2D eigenvalue weighted by atomic mass is 35.5. The van der Waals surface area contributed by atoms with Gasteiger partial charge in [-0.15, -0.1) is 0 Å². The van der Waals surface area contributed by atoms with E-state index in [-0.39, 0.29) is 5.91 Å². The summed E-state index contributed by atoms with van der Waals surface area (Å²) < 4.78 is 0. The number of hydrogen-bond donors (Lipinski definition) is 0. The van der Waals surface area contributed by atoms with E-state index in [2.05, 4.69) is 11.9 Å². The van der Waals surface area contributed by atoms with Crippen LogP contribution in [0.25, 0.3) is 0 Å². The van der Waals surface area contributed by atoms with Crippen LogP contribution in [-0.2, 0) is 11.3 Å². The molecule has 1 aliphatic rings. The lowest BCUT2D eigenvalue weighted by Crippen LogP contribution is -2.49. The van der Waals surface area contributed by atoms with Crippen LogP contribution in [0.3, 0.4) is 0 Å². The maximum atomic E-state index is 12.3. The second kappa shape index (κ2) is 7.45. The van der Waals surface area contributed by atoms with Crippen molar-refractivity contribution in [1.29, 1.82) is 0 Å². The Kier molecular flexibility index (Phi) is 5.88. The number of amides is 1. The lowest BCUT2D eigenvalue weighted by Gasteiger charge is -2.33. The molecule has 1 aromatic rings. The van der Waals surface area contributed by atoms with E-state index in [0.717, 1.165) is 31.7 Å². The average molecular weight is 330 g/mol. The Bertz CT molecular complexity index is 502. The van der Waals surface area contributed by atoms with Gasteiger partial charge in [0.2, 0.25) is 5.91 Å². The van der Waals surface area contributed by atoms with Gasteiger partial charge in [0.05, 0.1) is 6.54 Å². The maximum Gasteiger partial charge on any atom is 0.236 e. The molecule has 0 spiro atoms. The number of likely N-dealkylation sites (N-methyl/N-ethyl adjacent to an activating group) is 2. The summed E-state index contributed by atoms with van der Waals surface area (Å²) in [6, 6.07) is 5.45. The van der Waals surface area contributed by atoms with Crippen molar-refractivity contribution in [2.45, 2.75) is 6.54 Å². The van der Waals surface area contributed by atoms with E-state index in [1.165, 1.54) is 0 Å². The van der Waals surface area contributed by atoms with Gasteiger partial charge in [-0.1, -0.05) is 29.3 Å². The van der Waals surface area contributed by atoms with Crippen molar-refractivity contribution in [3.8, 4) is 0 Å². The highest BCUT2D eigenvalue weighted by molar-refractivity contribution is 6.35. The van der Waals surface area contributed by atoms with Crippen molar-refractivity contribution >= 4 is 29.1 Å². The first-order valence-electron chi connectivity index (χ1n) is 7.04. The first-order valence-corrected chi connectivity index (χ1v) is 7.80. The zero-order valence-corrected chi connectivity index (χ0v) is 14.0. The molecule has 0 radical (unpaired) electrons. The van der Waals surface area contributed by atoms with Gasteiger partial charge in [-0.2, -0.15) is 0 Å². The second-order valence-electron chi connectivity index (χ2n) is 5.59. The van der Waals surface area contributed by atoms with Crippen molar-refractivity contribution < 1.29 is 4.79 Å². The first-order chi connectivity index (χ1) is 9.95. The molecule has 6 heteroatoms. The van der Waals surface area contributed by atoms with Crippen molar-refractivity contribution in [3.63, 3.8) is 0 Å². The number of hydrogen-bond acceptors (Lipinski definition) is 3. The van der Waals surface area contributed by atoms with Crippen LogP contribution >= 0.6 is 23.2 Å². The third-order valence-electron chi connectivity index (χ3n) is 3.72. The van der Waals surface area contributed by atoms with E-state index in [1.807, 2.05) is 29.0 Å². The summed E-state index contributed by atoms with van der Waals surface area (Å²) in [5.41, 5.74) is 0.981. The molecule has 0 unspecified atom stereocenters. The zero-order chi connectivity index (χ0) is 15.4. The minimum absolute atomic E-state index is 0.177. The predicted octanol–water partition coefficient (Wildman–Crippen LogP) is 2.20. The Morgan fingerprint density at radius 1 is 1.24 bits per heavy atom. The largest absolute Gasteiger partial charge is 0.339 e. The van der Waals surface area contributed by atoms with Gasteiger partial charge in [-0.05, 0) is 31.8 Å². The van der Waals surface area contributed by atoms with Gasteiger partial charge in [0.25, 0.3) is 0 Å². The molecular formula is C15H21Cl2N3O. The normalized spacial score (nSPS) is 16.5. The molecule has 1 aromatic carbocycles. The quantitative estimate of drug-likeness (QED) is 0.847. The van der Waals surface area contributed by atoms with Gasteiger partial charge in [0.15, 0.2) is 0 Å². The highest BCUT2D eigenvalue weighted by Crippen LogP contribution is 2.21. The molecule has 1 aliphatic heterocycles.